The second-order valence-corrected chi connectivity index (χ2v) is 5.67. The quantitative estimate of drug-likeness (QED) is 0.607. The van der Waals surface area contributed by atoms with Crippen LogP contribution in [-0.4, -0.2) is 18.6 Å². The summed E-state index contributed by atoms with van der Waals surface area (Å²) in [5, 5.41) is 14.3. The van der Waals surface area contributed by atoms with Crippen LogP contribution in [0.3, 0.4) is 0 Å². The fraction of sp³-hybridized carbons (Fsp3) is 0.600. The van der Waals surface area contributed by atoms with Gasteiger partial charge in [0, 0.05) is 6.54 Å². The van der Waals surface area contributed by atoms with Crippen LogP contribution >= 0.6 is 0 Å². The van der Waals surface area contributed by atoms with Crippen molar-refractivity contribution in [2.75, 3.05) is 19.0 Å². The first-order valence-electron chi connectivity index (χ1n) is 6.93. The fourth-order valence-corrected chi connectivity index (χ4v) is 2.41. The number of methoxy groups -OCH3 is 1. The zero-order valence-electron chi connectivity index (χ0n) is 12.8. The van der Waals surface area contributed by atoms with Gasteiger partial charge in [0.1, 0.15) is 11.4 Å². The molecule has 0 atom stereocenters. The molecule has 0 radical (unpaired) electrons. The Kier molecular flexibility index (Phi) is 5.80. The third-order valence-corrected chi connectivity index (χ3v) is 3.64. The lowest BCUT2D eigenvalue weighted by atomic mass is 9.85. The topological polar surface area (TPSA) is 64.4 Å². The van der Waals surface area contributed by atoms with E-state index in [1.54, 1.807) is 12.1 Å². The summed E-state index contributed by atoms with van der Waals surface area (Å²) in [7, 11) is 1.50. The van der Waals surface area contributed by atoms with Crippen LogP contribution in [0.15, 0.2) is 18.2 Å². The first-order chi connectivity index (χ1) is 9.36. The first kappa shape index (κ1) is 16.3. The summed E-state index contributed by atoms with van der Waals surface area (Å²) in [6, 6.07) is 4.88. The first-order valence-corrected chi connectivity index (χ1v) is 6.93. The Balaban J connectivity index is 2.89. The Morgan fingerprint density at radius 3 is 2.30 bits per heavy atom. The standard InChI is InChI=1S/C15H24N2O3/c1-10(2)13(11(3)4)9-16-14-7-6-12(20-5)8-15(14)17(18)19/h6-8,10-11,13,16H,9H2,1-5H3. The lowest BCUT2D eigenvalue weighted by molar-refractivity contribution is -0.384. The Bertz CT molecular complexity index is 450. The van der Waals surface area contributed by atoms with Gasteiger partial charge in [0.15, 0.2) is 0 Å². The van der Waals surface area contributed by atoms with Gasteiger partial charge < -0.3 is 10.1 Å². The monoisotopic (exact) mass is 280 g/mol. The molecule has 5 heteroatoms. The van der Waals surface area contributed by atoms with Crippen LogP contribution in [0.5, 0.6) is 5.75 Å². The van der Waals surface area contributed by atoms with Crippen LogP contribution < -0.4 is 10.1 Å². The molecule has 0 aliphatic carbocycles. The predicted octanol–water partition coefficient (Wildman–Crippen LogP) is 3.94. The number of ether oxygens (including phenoxy) is 1. The Morgan fingerprint density at radius 1 is 1.25 bits per heavy atom. The van der Waals surface area contributed by atoms with E-state index in [2.05, 4.69) is 33.0 Å². The Labute approximate surface area is 120 Å². The van der Waals surface area contributed by atoms with Crippen molar-refractivity contribution < 1.29 is 9.66 Å². The highest BCUT2D eigenvalue weighted by molar-refractivity contribution is 5.63. The molecule has 5 nitrogen and oxygen atoms in total. The van der Waals surface area contributed by atoms with Crippen molar-refractivity contribution in [3.63, 3.8) is 0 Å². The van der Waals surface area contributed by atoms with Gasteiger partial charge in [-0.15, -0.1) is 0 Å². The zero-order valence-corrected chi connectivity index (χ0v) is 12.8. The van der Waals surface area contributed by atoms with Crippen molar-refractivity contribution in [1.82, 2.24) is 0 Å². The fourth-order valence-electron chi connectivity index (χ4n) is 2.41. The van der Waals surface area contributed by atoms with Gasteiger partial charge in [-0.2, -0.15) is 0 Å². The minimum Gasteiger partial charge on any atom is -0.496 e. The van der Waals surface area contributed by atoms with Gasteiger partial charge in [-0.05, 0) is 29.9 Å². The van der Waals surface area contributed by atoms with E-state index in [0.717, 1.165) is 6.54 Å². The van der Waals surface area contributed by atoms with Gasteiger partial charge in [-0.3, -0.25) is 10.1 Å². The van der Waals surface area contributed by atoms with Gasteiger partial charge >= 0.3 is 0 Å². The molecule has 0 heterocycles. The maximum Gasteiger partial charge on any atom is 0.296 e. The molecule has 0 amide bonds. The van der Waals surface area contributed by atoms with Crippen LogP contribution in [0.2, 0.25) is 0 Å². The smallest absolute Gasteiger partial charge is 0.296 e. The van der Waals surface area contributed by atoms with Crippen molar-refractivity contribution >= 4 is 11.4 Å². The number of hydrogen-bond acceptors (Lipinski definition) is 4. The molecule has 0 unspecified atom stereocenters. The largest absolute Gasteiger partial charge is 0.496 e. The van der Waals surface area contributed by atoms with Crippen molar-refractivity contribution in [3.8, 4) is 5.75 Å². The molecule has 1 aromatic carbocycles. The third kappa shape index (κ3) is 4.11. The second kappa shape index (κ2) is 7.12. The molecule has 0 aliphatic heterocycles. The number of nitrogens with one attached hydrogen (secondary N) is 1. The van der Waals surface area contributed by atoms with Gasteiger partial charge in [-0.1, -0.05) is 27.7 Å². The number of nitro groups is 1. The molecule has 0 aromatic heterocycles. The SMILES string of the molecule is COc1ccc(NCC(C(C)C)C(C)C)c([N+](=O)[O-])c1. The summed E-state index contributed by atoms with van der Waals surface area (Å²) in [5.41, 5.74) is 0.595. The van der Waals surface area contributed by atoms with Crippen LogP contribution in [0, 0.1) is 27.9 Å². The molecule has 0 spiro atoms. The summed E-state index contributed by atoms with van der Waals surface area (Å²) < 4.78 is 5.03. The maximum absolute atomic E-state index is 11.1. The normalized spacial score (nSPS) is 11.2. The van der Waals surface area contributed by atoms with Crippen LogP contribution in [0.1, 0.15) is 27.7 Å². The molecule has 1 N–H and O–H groups in total. The van der Waals surface area contributed by atoms with Crippen molar-refractivity contribution in [2.24, 2.45) is 17.8 Å². The highest BCUT2D eigenvalue weighted by Gasteiger charge is 2.20. The van der Waals surface area contributed by atoms with Gasteiger partial charge in [-0.25, -0.2) is 0 Å². The lowest BCUT2D eigenvalue weighted by Crippen LogP contribution is -2.24. The van der Waals surface area contributed by atoms with Crippen molar-refractivity contribution in [1.29, 1.82) is 0 Å². The number of nitrogens with zero attached hydrogens (tertiary/aromatic N) is 1. The van der Waals surface area contributed by atoms with E-state index >= 15 is 0 Å². The van der Waals surface area contributed by atoms with E-state index in [1.807, 2.05) is 0 Å². The van der Waals surface area contributed by atoms with E-state index < -0.39 is 0 Å². The Hall–Kier alpha value is -1.78. The number of anilines is 1. The van der Waals surface area contributed by atoms with E-state index in [-0.39, 0.29) is 10.6 Å². The highest BCUT2D eigenvalue weighted by Crippen LogP contribution is 2.30. The van der Waals surface area contributed by atoms with Crippen molar-refractivity contribution in [3.05, 3.63) is 28.3 Å². The number of benzene rings is 1. The molecule has 20 heavy (non-hydrogen) atoms. The average molecular weight is 280 g/mol. The number of hydrogen-bond donors (Lipinski definition) is 1. The molecule has 0 bridgehead atoms. The van der Waals surface area contributed by atoms with Crippen LogP contribution in [0.4, 0.5) is 11.4 Å². The van der Waals surface area contributed by atoms with E-state index in [9.17, 15) is 10.1 Å². The maximum atomic E-state index is 11.1. The van der Waals surface area contributed by atoms with Gasteiger partial charge in [0.05, 0.1) is 18.1 Å². The summed E-state index contributed by atoms with van der Waals surface area (Å²) in [6.07, 6.45) is 0. The van der Waals surface area contributed by atoms with E-state index in [1.165, 1.54) is 13.2 Å². The summed E-state index contributed by atoms with van der Waals surface area (Å²) >= 11 is 0. The molecular weight excluding hydrogens is 256 g/mol. The average Bonchev–Trinajstić information content (AvgIpc) is 2.38. The molecule has 0 saturated carbocycles. The van der Waals surface area contributed by atoms with Crippen molar-refractivity contribution in [2.45, 2.75) is 27.7 Å². The van der Waals surface area contributed by atoms with Crippen LogP contribution in [0.25, 0.3) is 0 Å². The lowest BCUT2D eigenvalue weighted by Gasteiger charge is -2.25. The Morgan fingerprint density at radius 2 is 1.85 bits per heavy atom. The molecule has 1 aromatic rings. The van der Waals surface area contributed by atoms with Crippen LogP contribution in [-0.2, 0) is 0 Å². The number of rotatable bonds is 7. The zero-order chi connectivity index (χ0) is 15.3. The molecule has 0 aliphatic rings. The molecular formula is C15H24N2O3. The minimum absolute atomic E-state index is 0.0515. The number of nitro benzene ring substituents is 1. The predicted molar refractivity (Wildman–Crippen MR) is 81.3 cm³/mol. The summed E-state index contributed by atoms with van der Waals surface area (Å²) in [4.78, 5) is 10.7. The second-order valence-electron chi connectivity index (χ2n) is 5.67. The third-order valence-electron chi connectivity index (χ3n) is 3.64. The summed E-state index contributed by atoms with van der Waals surface area (Å²) in [5.74, 6) is 2.02. The minimum atomic E-state index is -0.384. The van der Waals surface area contributed by atoms with E-state index in [4.69, 9.17) is 4.74 Å². The molecule has 0 fully saturated rings. The highest BCUT2D eigenvalue weighted by atomic mass is 16.6. The van der Waals surface area contributed by atoms with Gasteiger partial charge in [0.2, 0.25) is 0 Å². The molecule has 1 rings (SSSR count). The molecule has 0 saturated heterocycles. The molecule has 112 valence electrons. The van der Waals surface area contributed by atoms with Gasteiger partial charge in [0.25, 0.3) is 5.69 Å². The van der Waals surface area contributed by atoms with E-state index in [0.29, 0.717) is 29.2 Å². The summed E-state index contributed by atoms with van der Waals surface area (Å²) in [6.45, 7) is 9.43.